The van der Waals surface area contributed by atoms with Crippen LogP contribution in [0.2, 0.25) is 0 Å². The zero-order valence-corrected chi connectivity index (χ0v) is 14.9. The number of rotatable bonds is 4. The van der Waals surface area contributed by atoms with E-state index in [0.717, 1.165) is 0 Å². The van der Waals surface area contributed by atoms with Crippen molar-refractivity contribution in [2.45, 2.75) is 0 Å². The van der Waals surface area contributed by atoms with Crippen molar-refractivity contribution in [3.63, 3.8) is 0 Å². The molecule has 2 amide bonds. The molecule has 7 heteroatoms. The summed E-state index contributed by atoms with van der Waals surface area (Å²) >= 11 is 0. The zero-order chi connectivity index (χ0) is 20.4. The number of nitriles is 1. The van der Waals surface area contributed by atoms with E-state index in [-0.39, 0.29) is 33.8 Å². The van der Waals surface area contributed by atoms with Crippen LogP contribution in [0.3, 0.4) is 0 Å². The van der Waals surface area contributed by atoms with Gasteiger partial charge in [-0.15, -0.1) is 0 Å². The summed E-state index contributed by atoms with van der Waals surface area (Å²) in [5, 5.41) is 9.64. The van der Waals surface area contributed by atoms with Crippen LogP contribution in [0, 0.1) is 11.3 Å². The van der Waals surface area contributed by atoms with Crippen molar-refractivity contribution in [3.8, 4) is 17.6 Å². The van der Waals surface area contributed by atoms with E-state index < -0.39 is 17.8 Å². The maximum atomic E-state index is 12.7. The normalized spacial score (nSPS) is 12.3. The van der Waals surface area contributed by atoms with Gasteiger partial charge in [-0.05, 0) is 36.4 Å². The molecule has 0 bridgehead atoms. The van der Waals surface area contributed by atoms with Crippen LogP contribution in [0.15, 0.2) is 72.8 Å². The molecule has 3 aromatic carbocycles. The Hall–Kier alpha value is -4.44. The molecule has 1 aliphatic rings. The van der Waals surface area contributed by atoms with E-state index in [1.54, 1.807) is 48.5 Å². The molecule has 0 fully saturated rings. The first-order valence-corrected chi connectivity index (χ1v) is 8.56. The predicted molar refractivity (Wildman–Crippen MR) is 100 cm³/mol. The number of imide groups is 1. The molecule has 4 rings (SSSR count). The summed E-state index contributed by atoms with van der Waals surface area (Å²) < 4.78 is 5.72. The highest BCUT2D eigenvalue weighted by Crippen LogP contribution is 2.29. The summed E-state index contributed by atoms with van der Waals surface area (Å²) in [7, 11) is 0. The molecule has 0 unspecified atom stereocenters. The maximum absolute atomic E-state index is 12.7. The van der Waals surface area contributed by atoms with Gasteiger partial charge in [0.1, 0.15) is 23.1 Å². The molecule has 0 N–H and O–H groups in total. The Bertz CT molecular complexity index is 1160. The molecule has 7 nitrogen and oxygen atoms in total. The third kappa shape index (κ3) is 3.19. The van der Waals surface area contributed by atoms with E-state index in [9.17, 15) is 19.6 Å². The Morgan fingerprint density at radius 2 is 1.34 bits per heavy atom. The number of fused-ring (bicyclic) bond motifs is 1. The van der Waals surface area contributed by atoms with Crippen LogP contribution in [0.1, 0.15) is 36.6 Å². The highest BCUT2D eigenvalue weighted by molar-refractivity contribution is 6.21. The molecule has 0 atom stereocenters. The summed E-state index contributed by atoms with van der Waals surface area (Å²) in [6, 6.07) is 20.9. The first-order chi connectivity index (χ1) is 14.1. The topological polar surface area (TPSA) is 96.7 Å². The van der Waals surface area contributed by atoms with E-state index in [0.29, 0.717) is 5.06 Å². The molecule has 3 aromatic rings. The molecule has 0 radical (unpaired) electrons. The minimum absolute atomic E-state index is 0.00296. The zero-order valence-electron chi connectivity index (χ0n) is 14.9. The van der Waals surface area contributed by atoms with Crippen LogP contribution >= 0.6 is 0 Å². The maximum Gasteiger partial charge on any atom is 0.367 e. The van der Waals surface area contributed by atoms with Crippen LogP contribution in [-0.4, -0.2) is 22.8 Å². The molecule has 29 heavy (non-hydrogen) atoms. The van der Waals surface area contributed by atoms with Gasteiger partial charge in [0.05, 0.1) is 16.7 Å². The van der Waals surface area contributed by atoms with Crippen molar-refractivity contribution in [1.82, 2.24) is 5.06 Å². The third-order valence-corrected chi connectivity index (χ3v) is 4.27. The number of nitrogens with zero attached hydrogens (tertiary/aromatic N) is 2. The van der Waals surface area contributed by atoms with Crippen LogP contribution in [0.4, 0.5) is 0 Å². The molecule has 1 aliphatic heterocycles. The number of hydroxylamine groups is 2. The number of amides is 2. The fourth-order valence-corrected chi connectivity index (χ4v) is 2.87. The molecule has 1 heterocycles. The quantitative estimate of drug-likeness (QED) is 0.636. The molecule has 0 spiro atoms. The number of carbonyl (C=O) groups excluding carboxylic acids is 3. The second-order valence-corrected chi connectivity index (χ2v) is 6.04. The highest BCUT2D eigenvalue weighted by atomic mass is 16.7. The lowest BCUT2D eigenvalue weighted by Gasteiger charge is -2.15. The van der Waals surface area contributed by atoms with Crippen LogP contribution in [-0.2, 0) is 4.84 Å². The van der Waals surface area contributed by atoms with E-state index >= 15 is 0 Å². The van der Waals surface area contributed by atoms with E-state index in [2.05, 4.69) is 0 Å². The Morgan fingerprint density at radius 1 is 0.793 bits per heavy atom. The minimum Gasteiger partial charge on any atom is -0.455 e. The van der Waals surface area contributed by atoms with Gasteiger partial charge in [-0.3, -0.25) is 9.59 Å². The molecule has 0 aromatic heterocycles. The molecule has 0 saturated heterocycles. The van der Waals surface area contributed by atoms with Gasteiger partial charge in [-0.1, -0.05) is 41.5 Å². The SMILES string of the molecule is N#Cc1ccccc1Oc1ccccc1C(=O)ON1C(=O)c2ccccc2C1=O. The average Bonchev–Trinajstić information content (AvgIpc) is 2.99. The number of hydrogen-bond acceptors (Lipinski definition) is 6. The molecular formula is C22H12N2O5. The lowest BCUT2D eigenvalue weighted by atomic mass is 10.1. The van der Waals surface area contributed by atoms with Crippen molar-refractivity contribution in [3.05, 3.63) is 95.1 Å². The smallest absolute Gasteiger partial charge is 0.367 e. The monoisotopic (exact) mass is 384 g/mol. The minimum atomic E-state index is -0.940. The number of ether oxygens (including phenoxy) is 1. The Morgan fingerprint density at radius 3 is 2.00 bits per heavy atom. The lowest BCUT2D eigenvalue weighted by Crippen LogP contribution is -2.32. The fraction of sp³-hybridized carbons (Fsp3) is 0. The molecular weight excluding hydrogens is 372 g/mol. The van der Waals surface area contributed by atoms with Crippen molar-refractivity contribution in [2.75, 3.05) is 0 Å². The van der Waals surface area contributed by atoms with Gasteiger partial charge in [0.15, 0.2) is 0 Å². The summed E-state index contributed by atoms with van der Waals surface area (Å²) in [6.07, 6.45) is 0. The van der Waals surface area contributed by atoms with E-state index in [1.165, 1.54) is 24.3 Å². The number of para-hydroxylation sites is 2. The van der Waals surface area contributed by atoms with Gasteiger partial charge in [-0.25, -0.2) is 4.79 Å². The second-order valence-electron chi connectivity index (χ2n) is 6.04. The molecule has 0 saturated carbocycles. The largest absolute Gasteiger partial charge is 0.455 e. The van der Waals surface area contributed by atoms with E-state index in [1.807, 2.05) is 6.07 Å². The summed E-state index contributed by atoms with van der Waals surface area (Å²) in [5.41, 5.74) is 0.614. The molecule has 0 aliphatic carbocycles. The van der Waals surface area contributed by atoms with Crippen molar-refractivity contribution >= 4 is 17.8 Å². The number of hydrogen-bond donors (Lipinski definition) is 0. The van der Waals surface area contributed by atoms with Gasteiger partial charge >= 0.3 is 5.97 Å². The van der Waals surface area contributed by atoms with Crippen molar-refractivity contribution < 1.29 is 24.0 Å². The molecule has 140 valence electrons. The Balaban J connectivity index is 1.60. The standard InChI is InChI=1S/C22H12N2O5/c23-13-14-7-1-5-11-18(14)28-19-12-6-4-10-17(19)22(27)29-24-20(25)15-8-2-3-9-16(15)21(24)26/h1-12H. The van der Waals surface area contributed by atoms with Gasteiger partial charge in [0, 0.05) is 0 Å². The fourth-order valence-electron chi connectivity index (χ4n) is 2.87. The summed E-state index contributed by atoms with van der Waals surface area (Å²) in [4.78, 5) is 42.6. The van der Waals surface area contributed by atoms with E-state index in [4.69, 9.17) is 9.57 Å². The van der Waals surface area contributed by atoms with Gasteiger partial charge < -0.3 is 9.57 Å². The second kappa shape index (κ2) is 7.29. The van der Waals surface area contributed by atoms with Crippen LogP contribution in [0.5, 0.6) is 11.5 Å². The van der Waals surface area contributed by atoms with Crippen LogP contribution in [0.25, 0.3) is 0 Å². The van der Waals surface area contributed by atoms with Crippen molar-refractivity contribution in [2.24, 2.45) is 0 Å². The average molecular weight is 384 g/mol. The van der Waals surface area contributed by atoms with Gasteiger partial charge in [0.25, 0.3) is 11.8 Å². The Labute approximate surface area is 165 Å². The lowest BCUT2D eigenvalue weighted by molar-refractivity contribution is -0.0586. The summed E-state index contributed by atoms with van der Waals surface area (Å²) in [6.45, 7) is 0. The number of carbonyl (C=O) groups is 3. The first-order valence-electron chi connectivity index (χ1n) is 8.56. The van der Waals surface area contributed by atoms with Gasteiger partial charge in [-0.2, -0.15) is 5.26 Å². The third-order valence-electron chi connectivity index (χ3n) is 4.27. The van der Waals surface area contributed by atoms with Gasteiger partial charge in [0.2, 0.25) is 0 Å². The van der Waals surface area contributed by atoms with Crippen molar-refractivity contribution in [1.29, 1.82) is 5.26 Å². The first kappa shape index (κ1) is 17.9. The predicted octanol–water partition coefficient (Wildman–Crippen LogP) is 3.72. The van der Waals surface area contributed by atoms with Crippen LogP contribution < -0.4 is 4.74 Å². The summed E-state index contributed by atoms with van der Waals surface area (Å²) in [5.74, 6) is -1.99. The Kier molecular flexibility index (Phi) is 4.51. The number of benzene rings is 3. The highest BCUT2D eigenvalue weighted by Gasteiger charge is 2.39.